The number of nitrogens with zero attached hydrogens (tertiary/aromatic N) is 1. The number of fused-ring (bicyclic) bond motifs is 1. The molecule has 2 N–H and O–H groups in total. The van der Waals surface area contributed by atoms with Gasteiger partial charge in [0.1, 0.15) is 0 Å². The van der Waals surface area contributed by atoms with Crippen molar-refractivity contribution in [2.75, 3.05) is 6.54 Å². The molecule has 2 nitrogen and oxygen atoms in total. The number of rotatable bonds is 2. The topological polar surface area (TPSA) is 38.9 Å². The van der Waals surface area contributed by atoms with Gasteiger partial charge in [0.2, 0.25) is 0 Å². The lowest BCUT2D eigenvalue weighted by Gasteiger charge is -2.04. The first kappa shape index (κ1) is 10.7. The summed E-state index contributed by atoms with van der Waals surface area (Å²) < 4.78 is 0. The Balaban J connectivity index is 2.03. The van der Waals surface area contributed by atoms with E-state index >= 15 is 0 Å². The number of para-hydroxylation sites is 1. The first-order valence-electron chi connectivity index (χ1n) is 6.19. The summed E-state index contributed by atoms with van der Waals surface area (Å²) in [7, 11) is 0. The number of aromatic nitrogens is 1. The normalized spacial score (nSPS) is 26.1. The summed E-state index contributed by atoms with van der Waals surface area (Å²) in [5, 5.41) is 1.23. The van der Waals surface area contributed by atoms with Crippen molar-refractivity contribution in [2.24, 2.45) is 17.1 Å². The second-order valence-electron chi connectivity index (χ2n) is 5.60. The van der Waals surface area contributed by atoms with Gasteiger partial charge in [0.25, 0.3) is 0 Å². The standard InChI is InChI=1S/C15H18N2/c1-15(2)12(8-16)14(15)11-7-10-5-3-4-6-13(10)17-9-11/h3-7,9,12,14H,8,16H2,1-2H3. The van der Waals surface area contributed by atoms with Gasteiger partial charge in [0.15, 0.2) is 0 Å². The van der Waals surface area contributed by atoms with Crippen LogP contribution in [0.25, 0.3) is 10.9 Å². The molecule has 17 heavy (non-hydrogen) atoms. The van der Waals surface area contributed by atoms with Crippen LogP contribution in [0, 0.1) is 11.3 Å². The summed E-state index contributed by atoms with van der Waals surface area (Å²) in [6.07, 6.45) is 2.02. The molecule has 0 bridgehead atoms. The molecule has 2 heteroatoms. The molecule has 1 aromatic carbocycles. The molecule has 0 aliphatic heterocycles. The van der Waals surface area contributed by atoms with Gasteiger partial charge in [-0.2, -0.15) is 0 Å². The average Bonchev–Trinajstić information content (AvgIpc) is 2.90. The van der Waals surface area contributed by atoms with Crippen molar-refractivity contribution in [1.29, 1.82) is 0 Å². The molecule has 2 aromatic rings. The fourth-order valence-electron chi connectivity index (χ4n) is 3.10. The minimum Gasteiger partial charge on any atom is -0.330 e. The Morgan fingerprint density at radius 1 is 1.29 bits per heavy atom. The number of pyridine rings is 1. The smallest absolute Gasteiger partial charge is 0.0702 e. The average molecular weight is 226 g/mol. The highest BCUT2D eigenvalue weighted by molar-refractivity contribution is 5.79. The molecular formula is C15H18N2. The maximum atomic E-state index is 5.83. The van der Waals surface area contributed by atoms with Crippen LogP contribution < -0.4 is 5.73 Å². The van der Waals surface area contributed by atoms with Crippen LogP contribution in [0.15, 0.2) is 36.5 Å². The van der Waals surface area contributed by atoms with Gasteiger partial charge in [-0.1, -0.05) is 32.0 Å². The van der Waals surface area contributed by atoms with Gasteiger partial charge in [-0.05, 0) is 41.5 Å². The Morgan fingerprint density at radius 2 is 2.06 bits per heavy atom. The number of benzene rings is 1. The lowest BCUT2D eigenvalue weighted by molar-refractivity contribution is 0.558. The van der Waals surface area contributed by atoms with Crippen LogP contribution in [-0.2, 0) is 0 Å². The van der Waals surface area contributed by atoms with Crippen molar-refractivity contribution in [2.45, 2.75) is 19.8 Å². The highest BCUT2D eigenvalue weighted by Gasteiger charge is 2.57. The summed E-state index contributed by atoms with van der Waals surface area (Å²) in [6, 6.07) is 10.5. The SMILES string of the molecule is CC1(C)C(CN)C1c1cnc2ccccc2c1. The molecule has 1 saturated carbocycles. The van der Waals surface area contributed by atoms with Crippen molar-refractivity contribution in [3.8, 4) is 0 Å². The van der Waals surface area contributed by atoms with Gasteiger partial charge in [0.05, 0.1) is 5.52 Å². The summed E-state index contributed by atoms with van der Waals surface area (Å²) in [6.45, 7) is 5.36. The maximum absolute atomic E-state index is 5.83. The maximum Gasteiger partial charge on any atom is 0.0702 e. The first-order chi connectivity index (χ1) is 8.14. The van der Waals surface area contributed by atoms with Gasteiger partial charge in [0, 0.05) is 11.6 Å². The van der Waals surface area contributed by atoms with E-state index in [4.69, 9.17) is 5.73 Å². The second-order valence-corrected chi connectivity index (χ2v) is 5.60. The summed E-state index contributed by atoms with van der Waals surface area (Å²) in [4.78, 5) is 4.54. The van der Waals surface area contributed by atoms with Gasteiger partial charge in [-0.15, -0.1) is 0 Å². The Kier molecular flexibility index (Phi) is 2.23. The predicted octanol–water partition coefficient (Wildman–Crippen LogP) is 2.93. The van der Waals surface area contributed by atoms with E-state index in [0.717, 1.165) is 12.1 Å². The molecule has 1 fully saturated rings. The van der Waals surface area contributed by atoms with E-state index in [0.29, 0.717) is 17.3 Å². The Bertz CT molecular complexity index is 560. The van der Waals surface area contributed by atoms with Gasteiger partial charge in [-0.25, -0.2) is 0 Å². The minimum atomic E-state index is 0.332. The third-order valence-corrected chi connectivity index (χ3v) is 4.28. The van der Waals surface area contributed by atoms with E-state index < -0.39 is 0 Å². The van der Waals surface area contributed by atoms with Crippen molar-refractivity contribution in [1.82, 2.24) is 4.98 Å². The van der Waals surface area contributed by atoms with E-state index in [9.17, 15) is 0 Å². The van der Waals surface area contributed by atoms with E-state index in [-0.39, 0.29) is 0 Å². The van der Waals surface area contributed by atoms with Crippen LogP contribution in [0.5, 0.6) is 0 Å². The number of nitrogens with two attached hydrogens (primary N) is 1. The second kappa shape index (κ2) is 3.54. The van der Waals surface area contributed by atoms with Crippen LogP contribution >= 0.6 is 0 Å². The Labute approximate surface area is 102 Å². The van der Waals surface area contributed by atoms with E-state index in [1.165, 1.54) is 10.9 Å². The fourth-order valence-corrected chi connectivity index (χ4v) is 3.10. The molecule has 0 saturated heterocycles. The third kappa shape index (κ3) is 1.55. The van der Waals surface area contributed by atoms with Crippen LogP contribution in [0.4, 0.5) is 0 Å². The monoisotopic (exact) mass is 226 g/mol. The zero-order valence-electron chi connectivity index (χ0n) is 10.4. The Hall–Kier alpha value is -1.41. The lowest BCUT2D eigenvalue weighted by atomic mass is 10.0. The van der Waals surface area contributed by atoms with Crippen LogP contribution in [0.1, 0.15) is 25.3 Å². The van der Waals surface area contributed by atoms with Crippen molar-refractivity contribution in [3.63, 3.8) is 0 Å². The lowest BCUT2D eigenvalue weighted by Crippen LogP contribution is -2.05. The number of hydrogen-bond donors (Lipinski definition) is 1. The highest BCUT2D eigenvalue weighted by atomic mass is 14.7. The molecule has 1 aromatic heterocycles. The van der Waals surface area contributed by atoms with Gasteiger partial charge >= 0.3 is 0 Å². The molecule has 0 amide bonds. The quantitative estimate of drug-likeness (QED) is 0.855. The molecule has 1 heterocycles. The molecule has 0 spiro atoms. The molecule has 1 aliphatic carbocycles. The predicted molar refractivity (Wildman–Crippen MR) is 70.8 cm³/mol. The van der Waals surface area contributed by atoms with Crippen LogP contribution in [-0.4, -0.2) is 11.5 Å². The zero-order valence-corrected chi connectivity index (χ0v) is 10.4. The molecule has 2 atom stereocenters. The zero-order chi connectivity index (χ0) is 12.0. The Morgan fingerprint density at radius 3 is 2.76 bits per heavy atom. The largest absolute Gasteiger partial charge is 0.330 e. The molecule has 1 aliphatic rings. The summed E-state index contributed by atoms with van der Waals surface area (Å²) in [5.41, 5.74) is 8.57. The summed E-state index contributed by atoms with van der Waals surface area (Å²) >= 11 is 0. The van der Waals surface area contributed by atoms with Crippen molar-refractivity contribution in [3.05, 3.63) is 42.1 Å². The third-order valence-electron chi connectivity index (χ3n) is 4.28. The van der Waals surface area contributed by atoms with Crippen LogP contribution in [0.3, 0.4) is 0 Å². The van der Waals surface area contributed by atoms with Crippen molar-refractivity contribution >= 4 is 10.9 Å². The van der Waals surface area contributed by atoms with Gasteiger partial charge in [-0.3, -0.25) is 4.98 Å². The van der Waals surface area contributed by atoms with E-state index in [1.807, 2.05) is 12.3 Å². The van der Waals surface area contributed by atoms with Crippen LogP contribution in [0.2, 0.25) is 0 Å². The first-order valence-corrected chi connectivity index (χ1v) is 6.19. The highest BCUT2D eigenvalue weighted by Crippen LogP contribution is 2.63. The van der Waals surface area contributed by atoms with E-state index in [2.05, 4.69) is 43.1 Å². The van der Waals surface area contributed by atoms with E-state index in [1.54, 1.807) is 0 Å². The van der Waals surface area contributed by atoms with Crippen molar-refractivity contribution < 1.29 is 0 Å². The molecular weight excluding hydrogens is 208 g/mol. The van der Waals surface area contributed by atoms with Gasteiger partial charge < -0.3 is 5.73 Å². The molecule has 3 rings (SSSR count). The summed E-state index contributed by atoms with van der Waals surface area (Å²) in [5.74, 6) is 1.18. The minimum absolute atomic E-state index is 0.332. The molecule has 88 valence electrons. The fraction of sp³-hybridized carbons (Fsp3) is 0.400. The molecule has 2 unspecified atom stereocenters. The molecule has 0 radical (unpaired) electrons. The number of hydrogen-bond acceptors (Lipinski definition) is 2.